The van der Waals surface area contributed by atoms with E-state index < -0.39 is 29.9 Å². The molecule has 2 rings (SSSR count). The Morgan fingerprint density at radius 1 is 0.913 bits per heavy atom. The summed E-state index contributed by atoms with van der Waals surface area (Å²) in [5, 5.41) is 4.86. The molecule has 0 aliphatic rings. The molecule has 0 radical (unpaired) electrons. The van der Waals surface area contributed by atoms with E-state index >= 15 is 0 Å². The van der Waals surface area contributed by atoms with Gasteiger partial charge in [-0.2, -0.15) is 0 Å². The summed E-state index contributed by atoms with van der Waals surface area (Å²) < 4.78 is 30.8. The van der Waals surface area contributed by atoms with E-state index in [-0.39, 0.29) is 5.69 Å². The number of halogens is 2. The number of rotatable bonds is 5. The summed E-state index contributed by atoms with van der Waals surface area (Å²) in [4.78, 5) is 23.5. The molecule has 2 aromatic carbocycles. The molecule has 0 unspecified atom stereocenters. The average Bonchev–Trinajstić information content (AvgIpc) is 2.51. The molecule has 0 heterocycles. The van der Waals surface area contributed by atoms with Crippen LogP contribution in [0.25, 0.3) is 0 Å². The van der Waals surface area contributed by atoms with E-state index in [1.165, 1.54) is 13.2 Å². The Bertz CT molecular complexity index is 718. The predicted octanol–water partition coefficient (Wildman–Crippen LogP) is 2.94. The minimum absolute atomic E-state index is 0.0751. The smallest absolute Gasteiger partial charge is 0.233 e. The van der Waals surface area contributed by atoms with E-state index in [0.717, 1.165) is 12.1 Å². The molecule has 0 saturated heterocycles. The van der Waals surface area contributed by atoms with Crippen molar-refractivity contribution in [1.82, 2.24) is 0 Å². The molecular formula is C16H14F2N2O3. The first-order chi connectivity index (χ1) is 11.0. The second-order valence-corrected chi connectivity index (χ2v) is 4.63. The highest BCUT2D eigenvalue weighted by atomic mass is 19.2. The summed E-state index contributed by atoms with van der Waals surface area (Å²) >= 11 is 0. The van der Waals surface area contributed by atoms with Gasteiger partial charge in [0.15, 0.2) is 11.6 Å². The zero-order chi connectivity index (χ0) is 16.8. The van der Waals surface area contributed by atoms with Crippen LogP contribution in [0.15, 0.2) is 42.5 Å². The van der Waals surface area contributed by atoms with Crippen LogP contribution in [-0.4, -0.2) is 18.9 Å². The maximum absolute atomic E-state index is 13.0. The third kappa shape index (κ3) is 4.77. The lowest BCUT2D eigenvalue weighted by molar-refractivity contribution is -0.123. The molecule has 7 heteroatoms. The normalized spacial score (nSPS) is 10.0. The summed E-state index contributed by atoms with van der Waals surface area (Å²) in [5.74, 6) is -2.62. The average molecular weight is 320 g/mol. The molecule has 0 bridgehead atoms. The fourth-order valence-corrected chi connectivity index (χ4v) is 1.80. The third-order valence-corrected chi connectivity index (χ3v) is 2.90. The molecule has 2 N–H and O–H groups in total. The van der Waals surface area contributed by atoms with Crippen LogP contribution in [0.5, 0.6) is 5.75 Å². The molecule has 0 aromatic heterocycles. The van der Waals surface area contributed by atoms with Gasteiger partial charge in [0.05, 0.1) is 7.11 Å². The van der Waals surface area contributed by atoms with E-state index in [2.05, 4.69) is 10.6 Å². The van der Waals surface area contributed by atoms with Gasteiger partial charge in [0.1, 0.15) is 12.2 Å². The standard InChI is InChI=1S/C16H14F2N2O3/c1-23-12-5-2-10(3-6-12)19-15(21)9-16(22)20-11-4-7-13(17)14(18)8-11/h2-8H,9H2,1H3,(H,19,21)(H,20,22). The Labute approximate surface area is 131 Å². The summed E-state index contributed by atoms with van der Waals surface area (Å²) in [6.07, 6.45) is -0.453. The molecule has 0 atom stereocenters. The molecule has 0 aliphatic heterocycles. The number of carbonyl (C=O) groups is 2. The van der Waals surface area contributed by atoms with Crippen LogP contribution in [0.4, 0.5) is 20.2 Å². The lowest BCUT2D eigenvalue weighted by atomic mass is 10.2. The first-order valence-electron chi connectivity index (χ1n) is 6.67. The van der Waals surface area contributed by atoms with E-state index in [4.69, 9.17) is 4.74 Å². The van der Waals surface area contributed by atoms with E-state index in [0.29, 0.717) is 11.4 Å². The lowest BCUT2D eigenvalue weighted by Gasteiger charge is -2.07. The van der Waals surface area contributed by atoms with Crippen LogP contribution >= 0.6 is 0 Å². The van der Waals surface area contributed by atoms with Gasteiger partial charge in [-0.25, -0.2) is 8.78 Å². The second-order valence-electron chi connectivity index (χ2n) is 4.63. The molecule has 0 spiro atoms. The fraction of sp³-hybridized carbons (Fsp3) is 0.125. The number of hydrogen-bond acceptors (Lipinski definition) is 3. The highest BCUT2D eigenvalue weighted by Crippen LogP contribution is 2.16. The summed E-state index contributed by atoms with van der Waals surface area (Å²) in [6, 6.07) is 9.52. The second kappa shape index (κ2) is 7.35. The minimum Gasteiger partial charge on any atom is -0.497 e. The van der Waals surface area contributed by atoms with Crippen molar-refractivity contribution in [3.8, 4) is 5.75 Å². The van der Waals surface area contributed by atoms with Crippen molar-refractivity contribution in [2.75, 3.05) is 17.7 Å². The molecule has 0 saturated carbocycles. The molecule has 120 valence electrons. The van der Waals surface area contributed by atoms with E-state index in [1.807, 2.05) is 0 Å². The van der Waals surface area contributed by atoms with Gasteiger partial charge in [0, 0.05) is 17.4 Å². The van der Waals surface area contributed by atoms with Crippen molar-refractivity contribution in [2.45, 2.75) is 6.42 Å². The minimum atomic E-state index is -1.08. The van der Waals surface area contributed by atoms with Crippen molar-refractivity contribution in [3.05, 3.63) is 54.1 Å². The maximum atomic E-state index is 13.0. The van der Waals surface area contributed by atoms with Crippen molar-refractivity contribution in [3.63, 3.8) is 0 Å². The number of ether oxygens (including phenoxy) is 1. The van der Waals surface area contributed by atoms with Crippen LogP contribution in [0, 0.1) is 11.6 Å². The topological polar surface area (TPSA) is 67.4 Å². The number of nitrogens with one attached hydrogen (secondary N) is 2. The summed E-state index contributed by atoms with van der Waals surface area (Å²) in [5.41, 5.74) is 0.586. The van der Waals surface area contributed by atoms with E-state index in [1.54, 1.807) is 24.3 Å². The molecule has 5 nitrogen and oxygen atoms in total. The Balaban J connectivity index is 1.88. The van der Waals surface area contributed by atoms with Crippen LogP contribution < -0.4 is 15.4 Å². The quantitative estimate of drug-likeness (QED) is 0.832. The van der Waals surface area contributed by atoms with Gasteiger partial charge in [-0.1, -0.05) is 0 Å². The zero-order valence-electron chi connectivity index (χ0n) is 12.2. The van der Waals surface area contributed by atoms with Gasteiger partial charge < -0.3 is 15.4 Å². The number of anilines is 2. The Morgan fingerprint density at radius 2 is 1.48 bits per heavy atom. The molecule has 2 aromatic rings. The largest absolute Gasteiger partial charge is 0.497 e. The van der Waals surface area contributed by atoms with Gasteiger partial charge in [-0.05, 0) is 36.4 Å². The molecule has 2 amide bonds. The number of methoxy groups -OCH3 is 1. The molecule has 0 fully saturated rings. The fourth-order valence-electron chi connectivity index (χ4n) is 1.80. The SMILES string of the molecule is COc1ccc(NC(=O)CC(=O)Nc2ccc(F)c(F)c2)cc1. The van der Waals surface area contributed by atoms with Crippen molar-refractivity contribution >= 4 is 23.2 Å². The maximum Gasteiger partial charge on any atom is 0.233 e. The molecular weight excluding hydrogens is 306 g/mol. The highest BCUT2D eigenvalue weighted by molar-refractivity contribution is 6.08. The Morgan fingerprint density at radius 3 is 2.04 bits per heavy atom. The Hall–Kier alpha value is -2.96. The van der Waals surface area contributed by atoms with Gasteiger partial charge in [0.25, 0.3) is 0 Å². The highest BCUT2D eigenvalue weighted by Gasteiger charge is 2.11. The van der Waals surface area contributed by atoms with E-state index in [9.17, 15) is 18.4 Å². The number of amides is 2. The van der Waals surface area contributed by atoms with Crippen molar-refractivity contribution < 1.29 is 23.1 Å². The van der Waals surface area contributed by atoms with Crippen molar-refractivity contribution in [2.24, 2.45) is 0 Å². The molecule has 23 heavy (non-hydrogen) atoms. The first-order valence-corrected chi connectivity index (χ1v) is 6.67. The number of benzene rings is 2. The zero-order valence-corrected chi connectivity index (χ0v) is 12.2. The van der Waals surface area contributed by atoms with Crippen LogP contribution in [-0.2, 0) is 9.59 Å². The summed E-state index contributed by atoms with van der Waals surface area (Å²) in [6.45, 7) is 0. The number of carbonyl (C=O) groups excluding carboxylic acids is 2. The van der Waals surface area contributed by atoms with Crippen LogP contribution in [0.3, 0.4) is 0 Å². The van der Waals surface area contributed by atoms with Gasteiger partial charge >= 0.3 is 0 Å². The molecule has 0 aliphatic carbocycles. The van der Waals surface area contributed by atoms with Crippen LogP contribution in [0.2, 0.25) is 0 Å². The first kappa shape index (κ1) is 16.4. The Kier molecular flexibility index (Phi) is 5.24. The van der Waals surface area contributed by atoms with Gasteiger partial charge in [-0.15, -0.1) is 0 Å². The van der Waals surface area contributed by atoms with Crippen molar-refractivity contribution in [1.29, 1.82) is 0 Å². The predicted molar refractivity (Wildman–Crippen MR) is 81.2 cm³/mol. The van der Waals surface area contributed by atoms with Gasteiger partial charge in [0.2, 0.25) is 11.8 Å². The number of hydrogen-bond donors (Lipinski definition) is 2. The monoisotopic (exact) mass is 320 g/mol. The summed E-state index contributed by atoms with van der Waals surface area (Å²) in [7, 11) is 1.52. The van der Waals surface area contributed by atoms with Gasteiger partial charge in [-0.3, -0.25) is 9.59 Å². The lowest BCUT2D eigenvalue weighted by Crippen LogP contribution is -2.21. The van der Waals surface area contributed by atoms with Crippen LogP contribution in [0.1, 0.15) is 6.42 Å². The third-order valence-electron chi connectivity index (χ3n) is 2.90.